The van der Waals surface area contributed by atoms with Gasteiger partial charge < -0.3 is 9.47 Å². The van der Waals surface area contributed by atoms with Crippen LogP contribution in [0.4, 0.5) is 0 Å². The van der Waals surface area contributed by atoms with Gasteiger partial charge in [0.2, 0.25) is 0 Å². The second-order valence-electron chi connectivity index (χ2n) is 3.77. The number of allylic oxidation sites excluding steroid dienone is 1. The van der Waals surface area contributed by atoms with Gasteiger partial charge in [0.15, 0.2) is 5.41 Å². The van der Waals surface area contributed by atoms with E-state index in [0.29, 0.717) is 12.8 Å². The van der Waals surface area contributed by atoms with Crippen LogP contribution in [0.2, 0.25) is 0 Å². The van der Waals surface area contributed by atoms with Gasteiger partial charge >= 0.3 is 11.9 Å². The van der Waals surface area contributed by atoms with Gasteiger partial charge in [-0.1, -0.05) is 19.4 Å². The number of ether oxygens (including phenoxy) is 2. The molecule has 17 heavy (non-hydrogen) atoms. The van der Waals surface area contributed by atoms with E-state index in [-0.39, 0.29) is 19.6 Å². The van der Waals surface area contributed by atoms with Crippen molar-refractivity contribution in [3.8, 4) is 0 Å². The third kappa shape index (κ3) is 3.88. The average Bonchev–Trinajstić information content (AvgIpc) is 2.29. The summed E-state index contributed by atoms with van der Waals surface area (Å²) < 4.78 is 9.98. The quantitative estimate of drug-likeness (QED) is 0.373. The third-order valence-corrected chi connectivity index (χ3v) is 2.50. The highest BCUT2D eigenvalue weighted by Crippen LogP contribution is 2.32. The maximum atomic E-state index is 12.0. The maximum absolute atomic E-state index is 12.0. The molecular weight excluding hydrogens is 220 g/mol. The van der Waals surface area contributed by atoms with Crippen molar-refractivity contribution < 1.29 is 19.1 Å². The Kier molecular flexibility index (Phi) is 7.26. The van der Waals surface area contributed by atoms with Gasteiger partial charge in [0.1, 0.15) is 0 Å². The van der Waals surface area contributed by atoms with E-state index in [4.69, 9.17) is 9.47 Å². The van der Waals surface area contributed by atoms with Gasteiger partial charge in [-0.05, 0) is 26.7 Å². The predicted molar refractivity (Wildman–Crippen MR) is 65.4 cm³/mol. The van der Waals surface area contributed by atoms with Crippen molar-refractivity contribution in [2.24, 2.45) is 5.41 Å². The van der Waals surface area contributed by atoms with E-state index >= 15 is 0 Å². The first-order valence-electron chi connectivity index (χ1n) is 6.04. The molecule has 0 aromatic rings. The van der Waals surface area contributed by atoms with Crippen molar-refractivity contribution in [2.45, 2.75) is 40.0 Å². The normalized spacial score (nSPS) is 10.8. The predicted octanol–water partition coefficient (Wildman–Crippen LogP) is 2.48. The van der Waals surface area contributed by atoms with Crippen LogP contribution in [0, 0.1) is 5.41 Å². The molecule has 0 aliphatic carbocycles. The van der Waals surface area contributed by atoms with Crippen molar-refractivity contribution >= 4 is 11.9 Å². The van der Waals surface area contributed by atoms with Gasteiger partial charge in [-0.3, -0.25) is 9.59 Å². The summed E-state index contributed by atoms with van der Waals surface area (Å²) >= 11 is 0. The minimum absolute atomic E-state index is 0.249. The van der Waals surface area contributed by atoms with Crippen LogP contribution in [0.1, 0.15) is 40.0 Å². The van der Waals surface area contributed by atoms with E-state index in [1.54, 1.807) is 19.9 Å². The van der Waals surface area contributed by atoms with Gasteiger partial charge in [0.25, 0.3) is 0 Å². The fraction of sp³-hybridized carbons (Fsp3) is 0.692. The minimum atomic E-state index is -1.22. The molecule has 0 saturated heterocycles. The van der Waals surface area contributed by atoms with Crippen LogP contribution < -0.4 is 0 Å². The largest absolute Gasteiger partial charge is 0.465 e. The van der Waals surface area contributed by atoms with Crippen LogP contribution in [-0.2, 0) is 19.1 Å². The molecule has 0 aromatic carbocycles. The first-order chi connectivity index (χ1) is 8.08. The number of esters is 2. The molecule has 0 heterocycles. The summed E-state index contributed by atoms with van der Waals surface area (Å²) in [6, 6.07) is 0. The Labute approximate surface area is 103 Å². The zero-order valence-electron chi connectivity index (χ0n) is 11.0. The summed E-state index contributed by atoms with van der Waals surface area (Å²) in [5.74, 6) is -1.03. The molecule has 0 unspecified atom stereocenters. The lowest BCUT2D eigenvalue weighted by molar-refractivity contribution is -0.172. The molecular formula is C13H22O4. The van der Waals surface area contributed by atoms with Gasteiger partial charge in [-0.15, -0.1) is 6.58 Å². The van der Waals surface area contributed by atoms with Crippen molar-refractivity contribution in [1.82, 2.24) is 0 Å². The number of hydrogen-bond acceptors (Lipinski definition) is 4. The van der Waals surface area contributed by atoms with Gasteiger partial charge in [0.05, 0.1) is 13.2 Å². The van der Waals surface area contributed by atoms with Crippen molar-refractivity contribution in [3.05, 3.63) is 12.7 Å². The average molecular weight is 242 g/mol. The summed E-state index contributed by atoms with van der Waals surface area (Å²) in [5, 5.41) is 0. The molecule has 0 bridgehead atoms. The molecule has 0 radical (unpaired) electrons. The fourth-order valence-corrected chi connectivity index (χ4v) is 1.77. The van der Waals surface area contributed by atoms with E-state index in [9.17, 15) is 9.59 Å². The molecule has 0 amide bonds. The molecule has 98 valence electrons. The summed E-state index contributed by atoms with van der Waals surface area (Å²) in [4.78, 5) is 24.0. The molecule has 0 spiro atoms. The van der Waals surface area contributed by atoms with Crippen LogP contribution in [0.25, 0.3) is 0 Å². The molecule has 0 fully saturated rings. The van der Waals surface area contributed by atoms with Crippen LogP contribution in [0.15, 0.2) is 12.7 Å². The van der Waals surface area contributed by atoms with Gasteiger partial charge in [-0.2, -0.15) is 0 Å². The SMILES string of the molecule is C=CCC(CCC)(C(=O)OCC)C(=O)OCC. The van der Waals surface area contributed by atoms with E-state index in [1.807, 2.05) is 6.92 Å². The van der Waals surface area contributed by atoms with Crippen LogP contribution in [0.3, 0.4) is 0 Å². The first-order valence-corrected chi connectivity index (χ1v) is 6.04. The number of rotatable bonds is 8. The van der Waals surface area contributed by atoms with E-state index in [1.165, 1.54) is 0 Å². The summed E-state index contributed by atoms with van der Waals surface area (Å²) in [6.07, 6.45) is 2.92. The lowest BCUT2D eigenvalue weighted by atomic mass is 9.80. The molecule has 0 aliphatic heterocycles. The molecule has 0 aliphatic rings. The molecule has 4 heteroatoms. The zero-order valence-corrected chi connectivity index (χ0v) is 11.0. The molecule has 0 aromatic heterocycles. The number of carbonyl (C=O) groups is 2. The van der Waals surface area contributed by atoms with Gasteiger partial charge in [-0.25, -0.2) is 0 Å². The van der Waals surface area contributed by atoms with E-state index in [2.05, 4.69) is 6.58 Å². The summed E-state index contributed by atoms with van der Waals surface area (Å²) in [5.41, 5.74) is -1.22. The Morgan fingerprint density at radius 2 is 1.59 bits per heavy atom. The molecule has 0 N–H and O–H groups in total. The molecule has 0 saturated carbocycles. The molecule has 4 nitrogen and oxygen atoms in total. The van der Waals surface area contributed by atoms with Crippen molar-refractivity contribution in [1.29, 1.82) is 0 Å². The van der Waals surface area contributed by atoms with Gasteiger partial charge in [0, 0.05) is 0 Å². The molecule has 0 rings (SSSR count). The van der Waals surface area contributed by atoms with E-state index < -0.39 is 17.4 Å². The topological polar surface area (TPSA) is 52.6 Å². The maximum Gasteiger partial charge on any atom is 0.323 e. The minimum Gasteiger partial charge on any atom is -0.465 e. The highest BCUT2D eigenvalue weighted by molar-refractivity contribution is 6.00. The fourth-order valence-electron chi connectivity index (χ4n) is 1.77. The standard InChI is InChI=1S/C13H22O4/c1-5-9-13(10-6-2,11(14)16-7-3)12(15)17-8-4/h5H,1,6-10H2,2-4H3. The Bertz CT molecular complexity index is 253. The number of carbonyl (C=O) groups excluding carboxylic acids is 2. The number of hydrogen-bond donors (Lipinski definition) is 0. The third-order valence-electron chi connectivity index (χ3n) is 2.50. The van der Waals surface area contributed by atoms with Crippen molar-refractivity contribution in [3.63, 3.8) is 0 Å². The lowest BCUT2D eigenvalue weighted by Crippen LogP contribution is -2.41. The summed E-state index contributed by atoms with van der Waals surface area (Å²) in [7, 11) is 0. The van der Waals surface area contributed by atoms with Crippen LogP contribution in [-0.4, -0.2) is 25.2 Å². The highest BCUT2D eigenvalue weighted by atomic mass is 16.6. The zero-order chi connectivity index (χ0) is 13.3. The Hall–Kier alpha value is -1.32. The summed E-state index contributed by atoms with van der Waals surface area (Å²) in [6.45, 7) is 9.44. The Balaban J connectivity index is 5.16. The highest BCUT2D eigenvalue weighted by Gasteiger charge is 2.46. The smallest absolute Gasteiger partial charge is 0.323 e. The second kappa shape index (κ2) is 7.87. The lowest BCUT2D eigenvalue weighted by Gasteiger charge is -2.27. The van der Waals surface area contributed by atoms with Crippen molar-refractivity contribution in [2.75, 3.05) is 13.2 Å². The second-order valence-corrected chi connectivity index (χ2v) is 3.77. The Morgan fingerprint density at radius 3 is 1.88 bits per heavy atom. The van der Waals surface area contributed by atoms with E-state index in [0.717, 1.165) is 0 Å². The molecule has 0 atom stereocenters. The van der Waals surface area contributed by atoms with Crippen LogP contribution in [0.5, 0.6) is 0 Å². The van der Waals surface area contributed by atoms with Crippen LogP contribution >= 0.6 is 0 Å². The first kappa shape index (κ1) is 15.7. The Morgan fingerprint density at radius 1 is 1.12 bits per heavy atom. The monoisotopic (exact) mass is 242 g/mol.